The molecule has 1 unspecified atom stereocenters. The Labute approximate surface area is 98.8 Å². The Hall–Kier alpha value is -0.130. The van der Waals surface area contributed by atoms with Crippen LogP contribution in [0.3, 0.4) is 0 Å². The fourth-order valence-electron chi connectivity index (χ4n) is 1.78. The summed E-state index contributed by atoms with van der Waals surface area (Å²) in [6, 6.07) is 0. The topological polar surface area (TPSA) is 74.6 Å². The maximum Gasteiger partial charge on any atom is 0.294 e. The molecule has 98 valence electrons. The zero-order valence-corrected chi connectivity index (χ0v) is 11.1. The van der Waals surface area contributed by atoms with E-state index in [2.05, 4.69) is 6.92 Å². The van der Waals surface area contributed by atoms with Gasteiger partial charge in [0.05, 0.1) is 0 Å². The Morgan fingerprint density at radius 2 is 1.50 bits per heavy atom. The van der Waals surface area contributed by atoms with Crippen LogP contribution in [0.15, 0.2) is 0 Å². The molecular weight excluding hydrogens is 228 g/mol. The van der Waals surface area contributed by atoms with Crippen LogP contribution >= 0.6 is 0 Å². The third kappa shape index (κ3) is 5.27. The van der Waals surface area contributed by atoms with Crippen molar-refractivity contribution in [2.45, 2.75) is 70.1 Å². The van der Waals surface area contributed by atoms with Gasteiger partial charge in [0, 0.05) is 0 Å². The number of rotatable bonds is 9. The first-order valence-electron chi connectivity index (χ1n) is 6.06. The van der Waals surface area contributed by atoms with Crippen LogP contribution in [0.4, 0.5) is 0 Å². The highest BCUT2D eigenvalue weighted by Crippen LogP contribution is 2.26. The lowest BCUT2D eigenvalue weighted by Crippen LogP contribution is -2.38. The van der Waals surface area contributed by atoms with Crippen molar-refractivity contribution < 1.29 is 18.1 Å². The Kier molecular flexibility index (Phi) is 7.19. The second-order valence-corrected chi connectivity index (χ2v) is 6.05. The lowest BCUT2D eigenvalue weighted by Gasteiger charge is -2.24. The maximum absolute atomic E-state index is 11.1. The molecule has 0 fully saturated rings. The Morgan fingerprint density at radius 3 is 1.94 bits per heavy atom. The molecule has 0 bridgehead atoms. The zero-order chi connectivity index (χ0) is 12.7. The number of hydrogen-bond acceptors (Lipinski definition) is 3. The minimum absolute atomic E-state index is 0.0968. The molecule has 0 aliphatic carbocycles. The van der Waals surface area contributed by atoms with E-state index in [4.69, 9.17) is 4.55 Å². The number of aliphatic hydroxyl groups is 1. The van der Waals surface area contributed by atoms with E-state index < -0.39 is 15.1 Å². The van der Waals surface area contributed by atoms with E-state index in [9.17, 15) is 13.5 Å². The predicted octanol–water partition coefficient (Wildman–Crippen LogP) is 2.72. The van der Waals surface area contributed by atoms with Gasteiger partial charge < -0.3 is 5.11 Å². The second-order valence-electron chi connectivity index (χ2n) is 4.34. The molecule has 0 aromatic heterocycles. The third-order valence-electron chi connectivity index (χ3n) is 2.79. The molecule has 2 N–H and O–H groups in total. The van der Waals surface area contributed by atoms with Crippen LogP contribution in [0.1, 0.15) is 65.2 Å². The zero-order valence-electron chi connectivity index (χ0n) is 10.3. The molecule has 0 saturated carbocycles. The second kappa shape index (κ2) is 7.25. The highest BCUT2D eigenvalue weighted by Gasteiger charge is 2.38. The number of hydrogen-bond donors (Lipinski definition) is 2. The summed E-state index contributed by atoms with van der Waals surface area (Å²) in [6.45, 7) is 3.89. The van der Waals surface area contributed by atoms with Crippen LogP contribution < -0.4 is 0 Å². The van der Waals surface area contributed by atoms with Gasteiger partial charge in [0.25, 0.3) is 10.1 Å². The highest BCUT2D eigenvalue weighted by molar-refractivity contribution is 7.87. The van der Waals surface area contributed by atoms with Gasteiger partial charge in [0.15, 0.2) is 4.93 Å². The monoisotopic (exact) mass is 252 g/mol. The average Bonchev–Trinajstić information content (AvgIpc) is 2.16. The van der Waals surface area contributed by atoms with E-state index in [0.29, 0.717) is 12.8 Å². The molecule has 0 rings (SSSR count). The van der Waals surface area contributed by atoms with E-state index in [1.807, 2.05) is 0 Å². The summed E-state index contributed by atoms with van der Waals surface area (Å²) in [5, 5.41) is 9.87. The summed E-state index contributed by atoms with van der Waals surface area (Å²) in [7, 11) is -4.36. The normalized spacial score (nSPS) is 16.0. The predicted molar refractivity (Wildman–Crippen MR) is 64.8 cm³/mol. The smallest absolute Gasteiger partial charge is 0.294 e. The maximum atomic E-state index is 11.1. The van der Waals surface area contributed by atoms with Gasteiger partial charge in [0.2, 0.25) is 0 Å². The van der Waals surface area contributed by atoms with Crippen molar-refractivity contribution in [1.82, 2.24) is 0 Å². The van der Waals surface area contributed by atoms with E-state index >= 15 is 0 Å². The van der Waals surface area contributed by atoms with E-state index in [-0.39, 0.29) is 12.8 Å². The molecular formula is C11H24O4S. The molecule has 0 aliphatic heterocycles. The van der Waals surface area contributed by atoms with Gasteiger partial charge in [-0.3, -0.25) is 4.55 Å². The first-order chi connectivity index (χ1) is 7.37. The molecule has 0 aliphatic rings. The molecule has 0 saturated heterocycles. The summed E-state index contributed by atoms with van der Waals surface area (Å²) in [6.07, 6.45) is 5.58. The van der Waals surface area contributed by atoms with Gasteiger partial charge in [-0.1, -0.05) is 46.0 Å². The molecule has 0 heterocycles. The molecule has 0 spiro atoms. The average molecular weight is 252 g/mol. The van der Waals surface area contributed by atoms with Gasteiger partial charge in [-0.2, -0.15) is 8.42 Å². The minimum atomic E-state index is -4.36. The van der Waals surface area contributed by atoms with Crippen molar-refractivity contribution in [3.63, 3.8) is 0 Å². The molecule has 0 aromatic carbocycles. The first-order valence-corrected chi connectivity index (χ1v) is 7.51. The Bertz CT molecular complexity index is 274. The number of unbranched alkanes of at least 4 members (excludes halogenated alkanes) is 4. The highest BCUT2D eigenvalue weighted by atomic mass is 32.2. The molecule has 0 radical (unpaired) electrons. The van der Waals surface area contributed by atoms with E-state index in [1.54, 1.807) is 6.92 Å². The molecule has 0 aromatic rings. The van der Waals surface area contributed by atoms with Crippen molar-refractivity contribution >= 4 is 10.1 Å². The summed E-state index contributed by atoms with van der Waals surface area (Å²) in [5.41, 5.74) is 0. The van der Waals surface area contributed by atoms with Crippen LogP contribution in [0, 0.1) is 0 Å². The van der Waals surface area contributed by atoms with Crippen LogP contribution in [0.5, 0.6) is 0 Å². The SMILES string of the molecule is CCCCCCCC(O)(CCC)S(=O)(=O)O. The van der Waals surface area contributed by atoms with Gasteiger partial charge in [-0.05, 0) is 19.3 Å². The first kappa shape index (κ1) is 15.9. The van der Waals surface area contributed by atoms with Crippen LogP contribution in [-0.4, -0.2) is 23.0 Å². The summed E-state index contributed by atoms with van der Waals surface area (Å²) in [5.74, 6) is 0. The van der Waals surface area contributed by atoms with Crippen molar-refractivity contribution in [3.05, 3.63) is 0 Å². The van der Waals surface area contributed by atoms with Crippen LogP contribution in [0.2, 0.25) is 0 Å². The van der Waals surface area contributed by atoms with Gasteiger partial charge in [0.1, 0.15) is 0 Å². The fourth-order valence-corrected chi connectivity index (χ4v) is 2.64. The lowest BCUT2D eigenvalue weighted by atomic mass is 10.0. The quantitative estimate of drug-likeness (QED) is 0.489. The Balaban J connectivity index is 4.15. The van der Waals surface area contributed by atoms with Gasteiger partial charge in [-0.15, -0.1) is 0 Å². The molecule has 1 atom stereocenters. The lowest BCUT2D eigenvalue weighted by molar-refractivity contribution is 0.0906. The van der Waals surface area contributed by atoms with Crippen molar-refractivity contribution in [2.24, 2.45) is 0 Å². The van der Waals surface area contributed by atoms with Crippen molar-refractivity contribution in [2.75, 3.05) is 0 Å². The molecule has 5 heteroatoms. The van der Waals surface area contributed by atoms with Crippen molar-refractivity contribution in [3.8, 4) is 0 Å². The molecule has 0 amide bonds. The third-order valence-corrected chi connectivity index (χ3v) is 4.16. The fraction of sp³-hybridized carbons (Fsp3) is 1.00. The minimum Gasteiger partial charge on any atom is -0.372 e. The molecule has 16 heavy (non-hydrogen) atoms. The van der Waals surface area contributed by atoms with Crippen molar-refractivity contribution in [1.29, 1.82) is 0 Å². The summed E-state index contributed by atoms with van der Waals surface area (Å²) < 4.78 is 31.1. The van der Waals surface area contributed by atoms with E-state index in [1.165, 1.54) is 0 Å². The van der Waals surface area contributed by atoms with Crippen LogP contribution in [0.25, 0.3) is 0 Å². The van der Waals surface area contributed by atoms with Crippen LogP contribution in [-0.2, 0) is 10.1 Å². The van der Waals surface area contributed by atoms with Gasteiger partial charge in [-0.25, -0.2) is 0 Å². The van der Waals surface area contributed by atoms with E-state index in [0.717, 1.165) is 25.7 Å². The summed E-state index contributed by atoms with van der Waals surface area (Å²) in [4.78, 5) is -1.94. The Morgan fingerprint density at radius 1 is 0.938 bits per heavy atom. The standard InChI is InChI=1S/C11H24O4S/c1-3-5-6-7-8-10-11(12,9-4-2)16(13,14)15/h12H,3-10H2,1-2H3,(H,13,14,15). The summed E-state index contributed by atoms with van der Waals surface area (Å²) >= 11 is 0. The largest absolute Gasteiger partial charge is 0.372 e. The van der Waals surface area contributed by atoms with Gasteiger partial charge >= 0.3 is 0 Å². The molecule has 4 nitrogen and oxygen atoms in total.